The number of likely N-dealkylation sites (tertiary alicyclic amines) is 1. The summed E-state index contributed by atoms with van der Waals surface area (Å²) >= 11 is 1.57. The summed E-state index contributed by atoms with van der Waals surface area (Å²) in [6, 6.07) is 4.39. The Balaban J connectivity index is 1.55. The smallest absolute Gasteiger partial charge is 0.255 e. The van der Waals surface area contributed by atoms with E-state index in [0.717, 1.165) is 37.4 Å². The number of hydrogen-bond acceptors (Lipinski definition) is 5. The Morgan fingerprint density at radius 2 is 2.00 bits per heavy atom. The van der Waals surface area contributed by atoms with E-state index in [1.165, 1.54) is 0 Å². The minimum atomic E-state index is 0.166. The van der Waals surface area contributed by atoms with Gasteiger partial charge in [0.15, 0.2) is 0 Å². The van der Waals surface area contributed by atoms with Gasteiger partial charge in [0.05, 0.1) is 17.6 Å². The highest BCUT2D eigenvalue weighted by atomic mass is 32.1. The lowest BCUT2D eigenvalue weighted by Crippen LogP contribution is -2.40. The van der Waals surface area contributed by atoms with Crippen molar-refractivity contribution >= 4 is 23.2 Å². The number of thiophene rings is 1. The Bertz CT molecular complexity index is 630. The Labute approximate surface area is 127 Å². The Morgan fingerprint density at radius 1 is 1.19 bits per heavy atom. The highest BCUT2D eigenvalue weighted by Crippen LogP contribution is 2.34. The molecule has 0 spiro atoms. The van der Waals surface area contributed by atoms with E-state index < -0.39 is 0 Å². The monoisotopic (exact) mass is 300 g/mol. The molecule has 2 aromatic heterocycles. The van der Waals surface area contributed by atoms with Gasteiger partial charge < -0.3 is 9.80 Å². The largest absolute Gasteiger partial charge is 0.336 e. The van der Waals surface area contributed by atoms with Crippen LogP contribution in [0.25, 0.3) is 0 Å². The van der Waals surface area contributed by atoms with Crippen molar-refractivity contribution in [2.24, 2.45) is 0 Å². The molecule has 0 N–H and O–H groups in total. The SMILES string of the molecule is O=C(c1ccsc1)N1CC[C@@H]2[C@@H]1CCN2c1ncccn1. The number of carbonyl (C=O) groups is 1. The number of hydrogen-bond donors (Lipinski definition) is 0. The fourth-order valence-electron chi connectivity index (χ4n) is 3.48. The molecular formula is C15H16N4OS. The van der Waals surface area contributed by atoms with Crippen LogP contribution in [0.5, 0.6) is 0 Å². The van der Waals surface area contributed by atoms with Crippen LogP contribution in [0.1, 0.15) is 23.2 Å². The number of fused-ring (bicyclic) bond motifs is 1. The van der Waals surface area contributed by atoms with Crippen LogP contribution in [0.4, 0.5) is 5.95 Å². The van der Waals surface area contributed by atoms with Crippen LogP contribution in [-0.2, 0) is 0 Å². The zero-order valence-corrected chi connectivity index (χ0v) is 12.4. The molecule has 2 aliphatic rings. The summed E-state index contributed by atoms with van der Waals surface area (Å²) in [4.78, 5) is 25.6. The van der Waals surface area contributed by atoms with E-state index in [2.05, 4.69) is 14.9 Å². The minimum absolute atomic E-state index is 0.166. The Kier molecular flexibility index (Phi) is 3.11. The minimum Gasteiger partial charge on any atom is -0.336 e. The van der Waals surface area contributed by atoms with Crippen LogP contribution in [0.3, 0.4) is 0 Å². The van der Waals surface area contributed by atoms with E-state index in [0.29, 0.717) is 12.1 Å². The molecule has 4 heterocycles. The van der Waals surface area contributed by atoms with Gasteiger partial charge in [0, 0.05) is 30.9 Å². The van der Waals surface area contributed by atoms with E-state index in [1.807, 2.05) is 27.8 Å². The van der Waals surface area contributed by atoms with Gasteiger partial charge >= 0.3 is 0 Å². The van der Waals surface area contributed by atoms with Gasteiger partial charge in [0.1, 0.15) is 0 Å². The van der Waals surface area contributed by atoms with E-state index in [9.17, 15) is 4.79 Å². The number of carbonyl (C=O) groups excluding carboxylic acids is 1. The van der Waals surface area contributed by atoms with Crippen molar-refractivity contribution in [3.8, 4) is 0 Å². The summed E-state index contributed by atoms with van der Waals surface area (Å²) in [6.07, 6.45) is 5.55. The molecule has 0 unspecified atom stereocenters. The molecule has 2 aromatic rings. The van der Waals surface area contributed by atoms with Gasteiger partial charge in [-0.05, 0) is 30.4 Å². The van der Waals surface area contributed by atoms with Crippen LogP contribution in [0.15, 0.2) is 35.3 Å². The van der Waals surface area contributed by atoms with Crippen LogP contribution in [0, 0.1) is 0 Å². The van der Waals surface area contributed by atoms with Crippen molar-refractivity contribution in [2.75, 3.05) is 18.0 Å². The van der Waals surface area contributed by atoms with Crippen molar-refractivity contribution < 1.29 is 4.79 Å². The first-order valence-corrected chi connectivity index (χ1v) is 8.16. The normalized spacial score (nSPS) is 24.4. The molecule has 2 saturated heterocycles. The van der Waals surface area contributed by atoms with Crippen LogP contribution in [-0.4, -0.2) is 45.9 Å². The third-order valence-corrected chi connectivity index (χ3v) is 5.10. The number of rotatable bonds is 2. The van der Waals surface area contributed by atoms with Crippen molar-refractivity contribution in [3.63, 3.8) is 0 Å². The third kappa shape index (κ3) is 2.10. The molecule has 2 aliphatic heterocycles. The first-order chi connectivity index (χ1) is 10.3. The molecule has 0 bridgehead atoms. The van der Waals surface area contributed by atoms with Crippen LogP contribution in [0.2, 0.25) is 0 Å². The molecule has 6 heteroatoms. The summed E-state index contributed by atoms with van der Waals surface area (Å²) in [5.41, 5.74) is 0.815. The number of nitrogens with zero attached hydrogens (tertiary/aromatic N) is 4. The highest BCUT2D eigenvalue weighted by molar-refractivity contribution is 7.08. The van der Waals surface area contributed by atoms with Crippen molar-refractivity contribution in [1.82, 2.24) is 14.9 Å². The van der Waals surface area contributed by atoms with Gasteiger partial charge in [0.2, 0.25) is 5.95 Å². The topological polar surface area (TPSA) is 49.3 Å². The highest BCUT2D eigenvalue weighted by Gasteiger charge is 2.45. The molecule has 2 atom stereocenters. The second-order valence-electron chi connectivity index (χ2n) is 5.46. The average Bonchev–Trinajstić information content (AvgIpc) is 3.24. The first-order valence-electron chi connectivity index (χ1n) is 7.21. The summed E-state index contributed by atoms with van der Waals surface area (Å²) < 4.78 is 0. The fourth-order valence-corrected chi connectivity index (χ4v) is 4.11. The van der Waals surface area contributed by atoms with E-state index in [-0.39, 0.29) is 5.91 Å². The number of amides is 1. The maximum atomic E-state index is 12.6. The maximum absolute atomic E-state index is 12.6. The molecular weight excluding hydrogens is 284 g/mol. The van der Waals surface area contributed by atoms with Crippen molar-refractivity contribution in [1.29, 1.82) is 0 Å². The van der Waals surface area contributed by atoms with Gasteiger partial charge in [-0.15, -0.1) is 0 Å². The lowest BCUT2D eigenvalue weighted by Gasteiger charge is -2.25. The summed E-state index contributed by atoms with van der Waals surface area (Å²) in [6.45, 7) is 1.75. The molecule has 0 saturated carbocycles. The van der Waals surface area contributed by atoms with Gasteiger partial charge in [-0.1, -0.05) is 0 Å². The summed E-state index contributed by atoms with van der Waals surface area (Å²) in [5, 5.41) is 3.89. The molecule has 0 aromatic carbocycles. The van der Waals surface area contributed by atoms with Gasteiger partial charge in [0.25, 0.3) is 5.91 Å². The third-order valence-electron chi connectivity index (χ3n) is 4.41. The molecule has 1 amide bonds. The molecule has 4 rings (SSSR count). The first kappa shape index (κ1) is 12.8. The predicted octanol–water partition coefficient (Wildman–Crippen LogP) is 2.03. The Hall–Kier alpha value is -1.95. The fraction of sp³-hybridized carbons (Fsp3) is 0.400. The van der Waals surface area contributed by atoms with Gasteiger partial charge in [-0.2, -0.15) is 11.3 Å². The zero-order chi connectivity index (χ0) is 14.2. The maximum Gasteiger partial charge on any atom is 0.255 e. The van der Waals surface area contributed by atoms with E-state index in [1.54, 1.807) is 23.7 Å². The van der Waals surface area contributed by atoms with Crippen LogP contribution >= 0.6 is 11.3 Å². The molecule has 0 aliphatic carbocycles. The van der Waals surface area contributed by atoms with Gasteiger partial charge in [-0.3, -0.25) is 4.79 Å². The number of anilines is 1. The average molecular weight is 300 g/mol. The molecule has 5 nitrogen and oxygen atoms in total. The predicted molar refractivity (Wildman–Crippen MR) is 81.5 cm³/mol. The molecule has 108 valence electrons. The summed E-state index contributed by atoms with van der Waals surface area (Å²) in [5.74, 6) is 0.953. The summed E-state index contributed by atoms with van der Waals surface area (Å²) in [7, 11) is 0. The van der Waals surface area contributed by atoms with E-state index in [4.69, 9.17) is 0 Å². The molecule has 21 heavy (non-hydrogen) atoms. The van der Waals surface area contributed by atoms with E-state index >= 15 is 0 Å². The standard InChI is InChI=1S/C15H16N4OS/c20-14(11-4-9-21-10-11)18-7-2-13-12(18)3-8-19(13)15-16-5-1-6-17-15/h1,4-6,9-10,12-13H,2-3,7-8H2/t12-,13+/m0/s1. The lowest BCUT2D eigenvalue weighted by molar-refractivity contribution is 0.0738. The van der Waals surface area contributed by atoms with Crippen molar-refractivity contribution in [2.45, 2.75) is 24.9 Å². The molecule has 2 fully saturated rings. The number of aromatic nitrogens is 2. The second-order valence-corrected chi connectivity index (χ2v) is 6.24. The second kappa shape index (κ2) is 5.11. The Morgan fingerprint density at radius 3 is 2.76 bits per heavy atom. The van der Waals surface area contributed by atoms with Crippen LogP contribution < -0.4 is 4.90 Å². The lowest BCUT2D eigenvalue weighted by atomic mass is 10.1. The zero-order valence-electron chi connectivity index (χ0n) is 11.6. The van der Waals surface area contributed by atoms with Gasteiger partial charge in [-0.25, -0.2) is 9.97 Å². The quantitative estimate of drug-likeness (QED) is 0.851. The van der Waals surface area contributed by atoms with Crippen molar-refractivity contribution in [3.05, 3.63) is 40.8 Å². The molecule has 0 radical (unpaired) electrons.